The Morgan fingerprint density at radius 1 is 1.20 bits per heavy atom. The zero-order valence-electron chi connectivity index (χ0n) is 11.6. The van der Waals surface area contributed by atoms with Gasteiger partial charge in [-0.3, -0.25) is 0 Å². The maximum Gasteiger partial charge on any atom is 0.347 e. The Bertz CT molecular complexity index is 672. The molecule has 1 aromatic carbocycles. The van der Waals surface area contributed by atoms with Crippen LogP contribution in [-0.4, -0.2) is 17.3 Å². The lowest BCUT2D eigenvalue weighted by atomic mass is 10.1. The number of phenols is 2. The lowest BCUT2D eigenvalue weighted by Gasteiger charge is -2.08. The fourth-order valence-electron chi connectivity index (χ4n) is 2.18. The smallest absolute Gasteiger partial charge is 0.347 e. The van der Waals surface area contributed by atoms with Crippen molar-refractivity contribution < 1.29 is 19.4 Å². The molecule has 2 aromatic rings. The molecule has 0 fully saturated rings. The third-order valence-corrected chi connectivity index (χ3v) is 3.26. The summed E-state index contributed by atoms with van der Waals surface area (Å²) in [7, 11) is 1.38. The summed E-state index contributed by atoms with van der Waals surface area (Å²) in [5.74, 6) is -0.262. The second kappa shape index (κ2) is 5.86. The number of hydrogen-bond donors (Lipinski definition) is 2. The summed E-state index contributed by atoms with van der Waals surface area (Å²) in [6, 6.07) is 3.22. The van der Waals surface area contributed by atoms with Crippen LogP contribution in [0, 0.1) is 0 Å². The van der Waals surface area contributed by atoms with Crippen LogP contribution in [0.5, 0.6) is 17.2 Å². The molecule has 0 aliphatic heterocycles. The average molecular weight is 278 g/mol. The van der Waals surface area contributed by atoms with Gasteiger partial charge in [-0.2, -0.15) is 0 Å². The van der Waals surface area contributed by atoms with Gasteiger partial charge in [0.25, 0.3) is 0 Å². The molecule has 0 radical (unpaired) electrons. The number of rotatable bonds is 5. The first-order valence-corrected chi connectivity index (χ1v) is 6.64. The molecule has 0 unspecified atom stereocenters. The van der Waals surface area contributed by atoms with Crippen LogP contribution in [-0.2, 0) is 6.42 Å². The molecule has 0 spiro atoms. The standard InChI is InChI=1S/C15H18O5/c1-3-4-5-6-10-7-9-8-11(19-2)13(16)14(17)12(9)15(18)20-10/h7-8,16-17H,3-6H2,1-2H3. The number of aryl methyl sites for hydroxylation is 1. The van der Waals surface area contributed by atoms with E-state index in [2.05, 4.69) is 6.92 Å². The lowest BCUT2D eigenvalue weighted by Crippen LogP contribution is -2.03. The Kier molecular flexibility index (Phi) is 4.17. The molecule has 0 bridgehead atoms. The predicted octanol–water partition coefficient (Wildman–Crippen LogP) is 2.95. The van der Waals surface area contributed by atoms with Crippen LogP contribution in [0.4, 0.5) is 0 Å². The molecule has 0 aliphatic carbocycles. The number of aromatic hydroxyl groups is 2. The van der Waals surface area contributed by atoms with Crippen LogP contribution in [0.3, 0.4) is 0 Å². The molecule has 20 heavy (non-hydrogen) atoms. The Balaban J connectivity index is 2.53. The van der Waals surface area contributed by atoms with Crippen molar-refractivity contribution in [2.75, 3.05) is 7.11 Å². The number of benzene rings is 1. The van der Waals surface area contributed by atoms with Gasteiger partial charge in [0.15, 0.2) is 11.5 Å². The van der Waals surface area contributed by atoms with Gasteiger partial charge < -0.3 is 19.4 Å². The van der Waals surface area contributed by atoms with Crippen LogP contribution in [0.15, 0.2) is 21.3 Å². The van der Waals surface area contributed by atoms with E-state index in [1.165, 1.54) is 13.2 Å². The van der Waals surface area contributed by atoms with Gasteiger partial charge in [-0.25, -0.2) is 4.79 Å². The van der Waals surface area contributed by atoms with Crippen molar-refractivity contribution in [2.45, 2.75) is 32.6 Å². The number of unbranched alkanes of at least 4 members (excludes halogenated alkanes) is 2. The summed E-state index contributed by atoms with van der Waals surface area (Å²) in [6.45, 7) is 2.10. The van der Waals surface area contributed by atoms with Gasteiger partial charge in [-0.05, 0) is 18.6 Å². The SMILES string of the molecule is CCCCCc1cc2cc(OC)c(O)c(O)c2c(=O)o1. The van der Waals surface area contributed by atoms with Crippen molar-refractivity contribution in [3.63, 3.8) is 0 Å². The first-order chi connectivity index (χ1) is 9.58. The van der Waals surface area contributed by atoms with Crippen LogP contribution < -0.4 is 10.4 Å². The maximum absolute atomic E-state index is 11.9. The van der Waals surface area contributed by atoms with Crippen LogP contribution in [0.25, 0.3) is 10.8 Å². The van der Waals surface area contributed by atoms with Gasteiger partial charge in [-0.1, -0.05) is 19.8 Å². The number of methoxy groups -OCH3 is 1. The fraction of sp³-hybridized carbons (Fsp3) is 0.400. The molecule has 5 nitrogen and oxygen atoms in total. The highest BCUT2D eigenvalue weighted by atomic mass is 16.5. The minimum atomic E-state index is -0.649. The summed E-state index contributed by atoms with van der Waals surface area (Å²) < 4.78 is 10.1. The molecular weight excluding hydrogens is 260 g/mol. The summed E-state index contributed by atoms with van der Waals surface area (Å²) in [5.41, 5.74) is -0.649. The molecule has 1 heterocycles. The number of phenolic OH excluding ortho intramolecular Hbond substituents is 2. The molecule has 0 amide bonds. The molecule has 2 rings (SSSR count). The van der Waals surface area contributed by atoms with Crippen molar-refractivity contribution >= 4 is 10.8 Å². The Hall–Kier alpha value is -2.17. The van der Waals surface area contributed by atoms with E-state index < -0.39 is 17.1 Å². The molecule has 2 N–H and O–H groups in total. The van der Waals surface area contributed by atoms with Gasteiger partial charge in [0.05, 0.1) is 7.11 Å². The normalized spacial score (nSPS) is 10.9. The van der Waals surface area contributed by atoms with Gasteiger partial charge in [0, 0.05) is 11.8 Å². The second-order valence-corrected chi connectivity index (χ2v) is 4.70. The Morgan fingerprint density at radius 2 is 1.95 bits per heavy atom. The molecule has 0 saturated carbocycles. The van der Waals surface area contributed by atoms with Gasteiger partial charge >= 0.3 is 5.63 Å². The maximum atomic E-state index is 11.9. The number of ether oxygens (including phenoxy) is 1. The zero-order chi connectivity index (χ0) is 14.7. The zero-order valence-corrected chi connectivity index (χ0v) is 11.6. The van der Waals surface area contributed by atoms with E-state index in [4.69, 9.17) is 9.15 Å². The minimum Gasteiger partial charge on any atom is -0.504 e. The average Bonchev–Trinajstić information content (AvgIpc) is 2.42. The molecule has 5 heteroatoms. The van der Waals surface area contributed by atoms with Gasteiger partial charge in [0.2, 0.25) is 5.75 Å². The van der Waals surface area contributed by atoms with Gasteiger partial charge in [0.1, 0.15) is 11.1 Å². The van der Waals surface area contributed by atoms with E-state index in [-0.39, 0.29) is 11.1 Å². The number of fused-ring (bicyclic) bond motifs is 1. The first kappa shape index (κ1) is 14.2. The highest BCUT2D eigenvalue weighted by Gasteiger charge is 2.17. The Labute approximate surface area is 116 Å². The number of hydrogen-bond acceptors (Lipinski definition) is 5. The van der Waals surface area contributed by atoms with E-state index in [0.717, 1.165) is 19.3 Å². The summed E-state index contributed by atoms with van der Waals surface area (Å²) in [4.78, 5) is 11.9. The van der Waals surface area contributed by atoms with E-state index in [1.54, 1.807) is 6.07 Å². The van der Waals surface area contributed by atoms with Crippen molar-refractivity contribution in [3.05, 3.63) is 28.3 Å². The second-order valence-electron chi connectivity index (χ2n) is 4.70. The van der Waals surface area contributed by atoms with Crippen LogP contribution in [0.2, 0.25) is 0 Å². The van der Waals surface area contributed by atoms with Gasteiger partial charge in [-0.15, -0.1) is 0 Å². The van der Waals surface area contributed by atoms with Crippen molar-refractivity contribution in [1.82, 2.24) is 0 Å². The van der Waals surface area contributed by atoms with E-state index in [1.807, 2.05) is 0 Å². The predicted molar refractivity (Wildman–Crippen MR) is 75.6 cm³/mol. The van der Waals surface area contributed by atoms with Crippen molar-refractivity contribution in [2.24, 2.45) is 0 Å². The van der Waals surface area contributed by atoms with E-state index >= 15 is 0 Å². The summed E-state index contributed by atoms with van der Waals surface area (Å²) in [5, 5.41) is 20.0. The molecule has 0 saturated heterocycles. The summed E-state index contributed by atoms with van der Waals surface area (Å²) in [6.07, 6.45) is 3.75. The molecule has 0 aliphatic rings. The van der Waals surface area contributed by atoms with Crippen molar-refractivity contribution in [3.8, 4) is 17.2 Å². The molecule has 0 atom stereocenters. The monoisotopic (exact) mass is 278 g/mol. The highest BCUT2D eigenvalue weighted by molar-refractivity contribution is 5.91. The van der Waals surface area contributed by atoms with E-state index in [0.29, 0.717) is 17.6 Å². The minimum absolute atomic E-state index is 0.0254. The third kappa shape index (κ3) is 2.57. The van der Waals surface area contributed by atoms with Crippen LogP contribution in [0.1, 0.15) is 31.9 Å². The quantitative estimate of drug-likeness (QED) is 0.649. The molecular formula is C15H18O5. The lowest BCUT2D eigenvalue weighted by molar-refractivity contribution is 0.352. The topological polar surface area (TPSA) is 79.9 Å². The first-order valence-electron chi connectivity index (χ1n) is 6.64. The largest absolute Gasteiger partial charge is 0.504 e. The molecule has 1 aromatic heterocycles. The molecule has 108 valence electrons. The third-order valence-electron chi connectivity index (χ3n) is 3.26. The summed E-state index contributed by atoms with van der Waals surface area (Å²) >= 11 is 0. The van der Waals surface area contributed by atoms with Crippen molar-refractivity contribution in [1.29, 1.82) is 0 Å². The van der Waals surface area contributed by atoms with E-state index in [9.17, 15) is 15.0 Å². The highest BCUT2D eigenvalue weighted by Crippen LogP contribution is 2.40. The Morgan fingerprint density at radius 3 is 2.60 bits per heavy atom. The van der Waals surface area contributed by atoms with Crippen LogP contribution >= 0.6 is 0 Å². The fourth-order valence-corrected chi connectivity index (χ4v) is 2.18.